The number of hydrogen-bond donors (Lipinski definition) is 1. The van der Waals surface area contributed by atoms with Gasteiger partial charge in [-0.1, -0.05) is 11.6 Å². The number of nitrogens with zero attached hydrogens (tertiary/aromatic N) is 1. The lowest BCUT2D eigenvalue weighted by molar-refractivity contribution is -0.385. The van der Waals surface area contributed by atoms with E-state index in [1.165, 1.54) is 24.3 Å². The normalized spacial score (nSPS) is 10.5. The molecular formula is C13H8BrClF2N2O2. The molecule has 0 spiro atoms. The molecule has 0 aliphatic carbocycles. The lowest BCUT2D eigenvalue weighted by Gasteiger charge is -2.09. The molecule has 8 heteroatoms. The van der Waals surface area contributed by atoms with Gasteiger partial charge in [0.05, 0.1) is 15.1 Å². The first kappa shape index (κ1) is 15.7. The molecule has 0 heterocycles. The van der Waals surface area contributed by atoms with Crippen LogP contribution in [0.15, 0.2) is 34.8 Å². The molecule has 0 unspecified atom stereocenters. The third kappa shape index (κ3) is 3.68. The fourth-order valence-corrected chi connectivity index (χ4v) is 2.21. The minimum atomic E-state index is -0.785. The van der Waals surface area contributed by atoms with Crippen LogP contribution in [0.2, 0.25) is 5.02 Å². The number of nitro benzene ring substituents is 1. The molecule has 0 aliphatic rings. The SMILES string of the molecule is O=[N+]([O-])c1cc(Cl)ccc1CNc1cc(Br)c(F)cc1F. The number of benzene rings is 2. The van der Waals surface area contributed by atoms with Crippen molar-refractivity contribution in [2.75, 3.05) is 5.32 Å². The summed E-state index contributed by atoms with van der Waals surface area (Å²) in [5.74, 6) is -1.51. The second-order valence-electron chi connectivity index (χ2n) is 4.13. The standard InChI is InChI=1S/C13H8BrClF2N2O2/c14-9-4-12(11(17)5-10(9)16)18-6-7-1-2-8(15)3-13(7)19(20)21/h1-5,18H,6H2. The molecular weight excluding hydrogens is 370 g/mol. The van der Waals surface area contributed by atoms with E-state index in [4.69, 9.17) is 11.6 Å². The van der Waals surface area contributed by atoms with Crippen LogP contribution in [0.3, 0.4) is 0 Å². The Labute approximate surface area is 132 Å². The van der Waals surface area contributed by atoms with Crippen molar-refractivity contribution in [2.45, 2.75) is 6.54 Å². The Balaban J connectivity index is 2.25. The summed E-state index contributed by atoms with van der Waals surface area (Å²) in [6.07, 6.45) is 0. The topological polar surface area (TPSA) is 55.2 Å². The first-order chi connectivity index (χ1) is 9.88. The summed E-state index contributed by atoms with van der Waals surface area (Å²) >= 11 is 8.66. The Morgan fingerprint density at radius 3 is 2.62 bits per heavy atom. The number of hydrogen-bond acceptors (Lipinski definition) is 3. The van der Waals surface area contributed by atoms with Gasteiger partial charge >= 0.3 is 0 Å². The molecule has 0 saturated heterocycles. The van der Waals surface area contributed by atoms with Crippen LogP contribution in [0.5, 0.6) is 0 Å². The van der Waals surface area contributed by atoms with Gasteiger partial charge in [0.1, 0.15) is 11.6 Å². The van der Waals surface area contributed by atoms with Crippen LogP contribution in [0, 0.1) is 21.7 Å². The highest BCUT2D eigenvalue weighted by molar-refractivity contribution is 9.10. The van der Waals surface area contributed by atoms with Gasteiger partial charge < -0.3 is 5.32 Å². The average Bonchev–Trinajstić information content (AvgIpc) is 2.42. The highest BCUT2D eigenvalue weighted by Crippen LogP contribution is 2.27. The van der Waals surface area contributed by atoms with E-state index in [0.717, 1.165) is 6.07 Å². The van der Waals surface area contributed by atoms with Crippen molar-refractivity contribution in [3.63, 3.8) is 0 Å². The summed E-state index contributed by atoms with van der Waals surface area (Å²) in [6.45, 7) is 0.00245. The van der Waals surface area contributed by atoms with Gasteiger partial charge in [0.25, 0.3) is 5.69 Å². The summed E-state index contributed by atoms with van der Waals surface area (Å²) < 4.78 is 26.8. The lowest BCUT2D eigenvalue weighted by Crippen LogP contribution is -2.05. The zero-order valence-electron chi connectivity index (χ0n) is 10.4. The van der Waals surface area contributed by atoms with Crippen molar-refractivity contribution in [3.05, 3.63) is 67.1 Å². The lowest BCUT2D eigenvalue weighted by atomic mass is 10.1. The third-order valence-electron chi connectivity index (χ3n) is 2.72. The first-order valence-electron chi connectivity index (χ1n) is 5.69. The highest BCUT2D eigenvalue weighted by atomic mass is 79.9. The number of anilines is 1. The minimum Gasteiger partial charge on any atom is -0.378 e. The number of nitrogens with one attached hydrogen (secondary N) is 1. The molecule has 2 aromatic carbocycles. The molecule has 110 valence electrons. The second kappa shape index (κ2) is 6.36. The van der Waals surface area contributed by atoms with Crippen molar-refractivity contribution in [1.29, 1.82) is 0 Å². The molecule has 0 fully saturated rings. The average molecular weight is 378 g/mol. The molecule has 0 bridgehead atoms. The van der Waals surface area contributed by atoms with Crippen molar-refractivity contribution in [3.8, 4) is 0 Å². The van der Waals surface area contributed by atoms with E-state index in [0.29, 0.717) is 5.56 Å². The summed E-state index contributed by atoms with van der Waals surface area (Å²) in [5, 5.41) is 13.9. The van der Waals surface area contributed by atoms with Gasteiger partial charge in [-0.25, -0.2) is 8.78 Å². The first-order valence-corrected chi connectivity index (χ1v) is 6.87. The highest BCUT2D eigenvalue weighted by Gasteiger charge is 2.15. The summed E-state index contributed by atoms with van der Waals surface area (Å²) in [6, 6.07) is 6.15. The van der Waals surface area contributed by atoms with Crippen LogP contribution in [0.25, 0.3) is 0 Å². The summed E-state index contributed by atoms with van der Waals surface area (Å²) in [5.41, 5.74) is 0.202. The van der Waals surface area contributed by atoms with Crippen LogP contribution in [-0.2, 0) is 6.54 Å². The second-order valence-corrected chi connectivity index (χ2v) is 5.42. The van der Waals surface area contributed by atoms with E-state index < -0.39 is 16.6 Å². The molecule has 21 heavy (non-hydrogen) atoms. The quantitative estimate of drug-likeness (QED) is 0.468. The maximum absolute atomic E-state index is 13.6. The molecule has 4 nitrogen and oxygen atoms in total. The third-order valence-corrected chi connectivity index (χ3v) is 3.57. The van der Waals surface area contributed by atoms with Gasteiger partial charge in [-0.2, -0.15) is 0 Å². The summed E-state index contributed by atoms with van der Waals surface area (Å²) in [7, 11) is 0. The molecule has 0 aliphatic heterocycles. The fraction of sp³-hybridized carbons (Fsp3) is 0.0769. The Morgan fingerprint density at radius 2 is 1.95 bits per heavy atom. The van der Waals surface area contributed by atoms with E-state index >= 15 is 0 Å². The monoisotopic (exact) mass is 376 g/mol. The van der Waals surface area contributed by atoms with Gasteiger partial charge in [0.2, 0.25) is 0 Å². The van der Waals surface area contributed by atoms with Gasteiger partial charge in [-0.3, -0.25) is 10.1 Å². The van der Waals surface area contributed by atoms with Gasteiger partial charge in [0.15, 0.2) is 0 Å². The Bertz CT molecular complexity index is 713. The molecule has 1 N–H and O–H groups in total. The van der Waals surface area contributed by atoms with E-state index in [1.54, 1.807) is 0 Å². The smallest absolute Gasteiger partial charge is 0.275 e. The van der Waals surface area contributed by atoms with Crippen molar-refractivity contribution >= 4 is 38.9 Å². The largest absolute Gasteiger partial charge is 0.378 e. The molecule has 2 rings (SSSR count). The molecule has 0 aromatic heterocycles. The molecule has 2 aromatic rings. The zero-order chi connectivity index (χ0) is 15.6. The number of rotatable bonds is 4. The predicted molar refractivity (Wildman–Crippen MR) is 79.5 cm³/mol. The minimum absolute atomic E-state index is 0.00245. The van der Waals surface area contributed by atoms with Crippen molar-refractivity contribution in [1.82, 2.24) is 0 Å². The van der Waals surface area contributed by atoms with Crippen LogP contribution in [0.4, 0.5) is 20.2 Å². The van der Waals surface area contributed by atoms with E-state index in [-0.39, 0.29) is 27.4 Å². The van der Waals surface area contributed by atoms with Crippen molar-refractivity contribution < 1.29 is 13.7 Å². The van der Waals surface area contributed by atoms with Crippen molar-refractivity contribution in [2.24, 2.45) is 0 Å². The van der Waals surface area contributed by atoms with E-state index in [2.05, 4.69) is 21.2 Å². The molecule has 0 saturated carbocycles. The van der Waals surface area contributed by atoms with Gasteiger partial charge in [-0.15, -0.1) is 0 Å². The van der Waals surface area contributed by atoms with E-state index in [9.17, 15) is 18.9 Å². The number of nitro groups is 1. The molecule has 0 amide bonds. The summed E-state index contributed by atoms with van der Waals surface area (Å²) in [4.78, 5) is 10.4. The van der Waals surface area contributed by atoms with Crippen LogP contribution < -0.4 is 5.32 Å². The Kier molecular flexibility index (Phi) is 4.74. The van der Waals surface area contributed by atoms with E-state index in [1.807, 2.05) is 0 Å². The molecule has 0 radical (unpaired) electrons. The van der Waals surface area contributed by atoms with Gasteiger partial charge in [-0.05, 0) is 34.1 Å². The van der Waals surface area contributed by atoms with Crippen LogP contribution in [-0.4, -0.2) is 4.92 Å². The maximum Gasteiger partial charge on any atom is 0.275 e. The zero-order valence-corrected chi connectivity index (χ0v) is 12.7. The van der Waals surface area contributed by atoms with Crippen LogP contribution >= 0.6 is 27.5 Å². The Morgan fingerprint density at radius 1 is 1.24 bits per heavy atom. The van der Waals surface area contributed by atoms with Crippen LogP contribution in [0.1, 0.15) is 5.56 Å². The predicted octanol–water partition coefficient (Wildman–Crippen LogP) is 4.90. The number of halogens is 4. The molecule has 0 atom stereocenters. The van der Waals surface area contributed by atoms with Gasteiger partial charge in [0, 0.05) is 29.3 Å². The maximum atomic E-state index is 13.6. The fourth-order valence-electron chi connectivity index (χ4n) is 1.70. The Hall–Kier alpha value is -1.73.